The number of halogens is 1. The normalized spacial score (nSPS) is 14.6. The molecule has 0 saturated heterocycles. The maximum Gasteiger partial charge on any atom is 0.142 e. The third kappa shape index (κ3) is 6.15. The molecule has 0 radical (unpaired) electrons. The lowest BCUT2D eigenvalue weighted by Gasteiger charge is -2.20. The van der Waals surface area contributed by atoms with Gasteiger partial charge in [0.2, 0.25) is 0 Å². The lowest BCUT2D eigenvalue weighted by Crippen LogP contribution is -2.25. The molecule has 1 aromatic carbocycles. The van der Waals surface area contributed by atoms with Crippen LogP contribution in [-0.4, -0.2) is 48.3 Å². The van der Waals surface area contributed by atoms with Crippen LogP contribution in [0.1, 0.15) is 37.8 Å². The van der Waals surface area contributed by atoms with E-state index in [0.29, 0.717) is 6.61 Å². The van der Waals surface area contributed by atoms with Crippen LogP contribution in [-0.2, 0) is 11.4 Å². The summed E-state index contributed by atoms with van der Waals surface area (Å²) in [5, 5.41) is 11.0. The molecule has 156 valence electrons. The van der Waals surface area contributed by atoms with Crippen LogP contribution >= 0.6 is 0 Å². The summed E-state index contributed by atoms with van der Waals surface area (Å²) in [4.78, 5) is 12.6. The molecule has 2 heterocycles. The number of aromatic nitrogens is 1. The molecule has 29 heavy (non-hydrogen) atoms. The van der Waals surface area contributed by atoms with Crippen molar-refractivity contribution in [3.8, 4) is 0 Å². The van der Waals surface area contributed by atoms with Gasteiger partial charge >= 0.3 is 0 Å². The van der Waals surface area contributed by atoms with Gasteiger partial charge in [0.25, 0.3) is 0 Å². The molecule has 0 amide bonds. The Morgan fingerprint density at radius 2 is 1.97 bits per heavy atom. The summed E-state index contributed by atoms with van der Waals surface area (Å²) in [7, 11) is 0. The zero-order valence-corrected chi connectivity index (χ0v) is 17.2. The van der Waals surface area contributed by atoms with Crippen LogP contribution in [0.3, 0.4) is 0 Å². The molecular formula is C22H30FN5O. The van der Waals surface area contributed by atoms with Crippen molar-refractivity contribution >= 4 is 17.3 Å². The lowest BCUT2D eigenvalue weighted by atomic mass is 10.1. The summed E-state index contributed by atoms with van der Waals surface area (Å²) in [6.07, 6.45) is 1.85. The Bertz CT molecular complexity index is 805. The predicted octanol–water partition coefficient (Wildman–Crippen LogP) is 4.10. The van der Waals surface area contributed by atoms with Gasteiger partial charge in [-0.3, -0.25) is 0 Å². The molecule has 0 atom stereocenters. The topological polar surface area (TPSA) is 61.8 Å². The number of nitrogens with one attached hydrogen (secondary N) is 2. The molecule has 0 bridgehead atoms. The first-order valence-corrected chi connectivity index (χ1v) is 10.3. The summed E-state index contributed by atoms with van der Waals surface area (Å²) in [6, 6.07) is 10.3. The Balaban J connectivity index is 1.55. The summed E-state index contributed by atoms with van der Waals surface area (Å²) in [5.74, 6) is 1.44. The van der Waals surface area contributed by atoms with Crippen molar-refractivity contribution in [2.75, 3.05) is 43.4 Å². The van der Waals surface area contributed by atoms with Crippen LogP contribution in [0, 0.1) is 5.82 Å². The number of hydrogen-bond donors (Lipinski definition) is 2. The van der Waals surface area contributed by atoms with E-state index in [4.69, 9.17) is 4.84 Å². The monoisotopic (exact) mass is 399 g/mol. The smallest absolute Gasteiger partial charge is 0.142 e. The fourth-order valence-electron chi connectivity index (χ4n) is 3.28. The molecule has 6 nitrogen and oxygen atoms in total. The predicted molar refractivity (Wildman–Crippen MR) is 116 cm³/mol. The van der Waals surface area contributed by atoms with Crippen molar-refractivity contribution in [3.05, 3.63) is 53.3 Å². The second-order valence-corrected chi connectivity index (χ2v) is 7.01. The van der Waals surface area contributed by atoms with E-state index in [1.54, 1.807) is 12.1 Å². The number of hydrogen-bond acceptors (Lipinski definition) is 6. The third-order valence-corrected chi connectivity index (χ3v) is 5.03. The molecule has 0 unspecified atom stereocenters. The van der Waals surface area contributed by atoms with Gasteiger partial charge in [-0.1, -0.05) is 31.1 Å². The van der Waals surface area contributed by atoms with E-state index in [2.05, 4.69) is 39.5 Å². The van der Waals surface area contributed by atoms with Crippen LogP contribution < -0.4 is 10.6 Å². The number of fused-ring (bicyclic) bond motifs is 1. The third-order valence-electron chi connectivity index (χ3n) is 5.03. The number of anilines is 2. The average Bonchev–Trinajstić information content (AvgIpc) is 2.75. The van der Waals surface area contributed by atoms with E-state index in [1.165, 1.54) is 12.1 Å². The molecule has 1 aliphatic heterocycles. The molecule has 0 fully saturated rings. The molecule has 1 aliphatic rings. The van der Waals surface area contributed by atoms with Crippen LogP contribution in [0.5, 0.6) is 0 Å². The first-order valence-electron chi connectivity index (χ1n) is 10.3. The summed E-state index contributed by atoms with van der Waals surface area (Å²) >= 11 is 0. The van der Waals surface area contributed by atoms with Crippen molar-refractivity contribution in [2.45, 2.75) is 33.3 Å². The Morgan fingerprint density at radius 1 is 1.17 bits per heavy atom. The minimum atomic E-state index is -0.254. The fraction of sp³-hybridized carbons (Fsp3) is 0.455. The zero-order valence-electron chi connectivity index (χ0n) is 17.2. The van der Waals surface area contributed by atoms with Crippen molar-refractivity contribution in [1.82, 2.24) is 9.88 Å². The van der Waals surface area contributed by atoms with Gasteiger partial charge in [0.05, 0.1) is 5.71 Å². The molecule has 1 aromatic heterocycles. The summed E-state index contributed by atoms with van der Waals surface area (Å²) in [6.45, 7) is 9.61. The molecular weight excluding hydrogens is 369 g/mol. The van der Waals surface area contributed by atoms with Crippen molar-refractivity contribution in [1.29, 1.82) is 0 Å². The molecule has 0 spiro atoms. The van der Waals surface area contributed by atoms with Gasteiger partial charge in [-0.25, -0.2) is 9.37 Å². The van der Waals surface area contributed by atoms with Crippen molar-refractivity contribution in [3.63, 3.8) is 0 Å². The van der Waals surface area contributed by atoms with Gasteiger partial charge in [0.1, 0.15) is 24.1 Å². The van der Waals surface area contributed by atoms with E-state index in [1.807, 2.05) is 12.1 Å². The molecule has 2 N–H and O–H groups in total. The number of benzene rings is 1. The van der Waals surface area contributed by atoms with Gasteiger partial charge in [-0.2, -0.15) is 0 Å². The minimum Gasteiger partial charge on any atom is -0.391 e. The van der Waals surface area contributed by atoms with Gasteiger partial charge in [0.15, 0.2) is 0 Å². The van der Waals surface area contributed by atoms with Crippen molar-refractivity contribution < 1.29 is 9.23 Å². The SMILES string of the molecule is CCN(CC)CCCNc1ccc2c(n1)NCC/C2=N\OCc1ccc(F)cc1. The van der Waals surface area contributed by atoms with Crippen LogP contribution in [0.4, 0.5) is 16.0 Å². The molecule has 7 heteroatoms. The highest BCUT2D eigenvalue weighted by molar-refractivity contribution is 6.05. The molecule has 3 rings (SSSR count). The summed E-state index contributed by atoms with van der Waals surface area (Å²) in [5.41, 5.74) is 2.72. The fourth-order valence-corrected chi connectivity index (χ4v) is 3.28. The highest BCUT2D eigenvalue weighted by atomic mass is 19.1. The number of pyridine rings is 1. The molecule has 0 aliphatic carbocycles. The quantitative estimate of drug-likeness (QED) is 0.465. The van der Waals surface area contributed by atoms with Crippen molar-refractivity contribution in [2.24, 2.45) is 5.16 Å². The zero-order chi connectivity index (χ0) is 20.5. The molecule has 0 saturated carbocycles. The second kappa shape index (κ2) is 10.8. The lowest BCUT2D eigenvalue weighted by molar-refractivity contribution is 0.130. The largest absolute Gasteiger partial charge is 0.391 e. The van der Waals surface area contributed by atoms with Gasteiger partial charge < -0.3 is 20.4 Å². The first kappa shape index (κ1) is 21.0. The average molecular weight is 400 g/mol. The maximum atomic E-state index is 13.0. The van der Waals surface area contributed by atoms with E-state index in [9.17, 15) is 4.39 Å². The number of nitrogens with zero attached hydrogens (tertiary/aromatic N) is 3. The van der Waals surface area contributed by atoms with Gasteiger partial charge in [-0.15, -0.1) is 0 Å². The number of rotatable bonds is 10. The van der Waals surface area contributed by atoms with E-state index in [-0.39, 0.29) is 5.82 Å². The highest BCUT2D eigenvalue weighted by Gasteiger charge is 2.17. The Hall–Kier alpha value is -2.67. The Morgan fingerprint density at radius 3 is 2.72 bits per heavy atom. The minimum absolute atomic E-state index is 0.254. The van der Waals surface area contributed by atoms with E-state index >= 15 is 0 Å². The van der Waals surface area contributed by atoms with Crippen LogP contribution in [0.2, 0.25) is 0 Å². The van der Waals surface area contributed by atoms with E-state index < -0.39 is 0 Å². The van der Waals surface area contributed by atoms with Gasteiger partial charge in [0, 0.05) is 25.1 Å². The maximum absolute atomic E-state index is 13.0. The number of oxime groups is 1. The summed E-state index contributed by atoms with van der Waals surface area (Å²) < 4.78 is 13.0. The van der Waals surface area contributed by atoms with E-state index in [0.717, 1.165) is 74.0 Å². The van der Waals surface area contributed by atoms with Crippen LogP contribution in [0.15, 0.2) is 41.6 Å². The first-order chi connectivity index (χ1) is 14.2. The van der Waals surface area contributed by atoms with Gasteiger partial charge in [-0.05, 0) is 55.9 Å². The Labute approximate surface area is 172 Å². The Kier molecular flexibility index (Phi) is 7.81. The molecule has 2 aromatic rings. The highest BCUT2D eigenvalue weighted by Crippen LogP contribution is 2.23. The second-order valence-electron chi connectivity index (χ2n) is 7.01. The van der Waals surface area contributed by atoms with Crippen LogP contribution in [0.25, 0.3) is 0 Å². The standard InChI is InChI=1S/C22H30FN5O/c1-3-28(4-2)15-5-13-24-21-11-10-19-20(12-14-25-22(19)26-21)27-29-16-17-6-8-18(23)9-7-17/h6-11H,3-5,12-16H2,1-2H3,(H2,24,25,26)/b27-20+.